The number of hydrogen-bond donors (Lipinski definition) is 0. The number of rotatable bonds is 6. The van der Waals surface area contributed by atoms with Gasteiger partial charge in [-0.05, 0) is 56.1 Å². The molecule has 29 heavy (non-hydrogen) atoms. The Balaban J connectivity index is 1.67. The normalized spacial score (nSPS) is 22.3. The van der Waals surface area contributed by atoms with Gasteiger partial charge in [0.2, 0.25) is 0 Å². The molecule has 1 aromatic heterocycles. The lowest BCUT2D eigenvalue weighted by atomic mass is 9.80. The Hall–Kier alpha value is -2.16. The lowest BCUT2D eigenvalue weighted by molar-refractivity contribution is 0.236. The van der Waals surface area contributed by atoms with Crippen molar-refractivity contribution >= 4 is 5.57 Å². The van der Waals surface area contributed by atoms with Gasteiger partial charge in [0.1, 0.15) is 5.83 Å². The van der Waals surface area contributed by atoms with Gasteiger partial charge in [0.25, 0.3) is 0 Å². The number of aryl methyl sites for hydroxylation is 1. The van der Waals surface area contributed by atoms with E-state index in [9.17, 15) is 4.39 Å². The third-order valence-corrected chi connectivity index (χ3v) is 6.64. The maximum absolute atomic E-state index is 14.9. The van der Waals surface area contributed by atoms with Crippen LogP contribution in [0.4, 0.5) is 4.39 Å². The van der Waals surface area contributed by atoms with Gasteiger partial charge < -0.3 is 0 Å². The lowest BCUT2D eigenvalue weighted by Crippen LogP contribution is -2.21. The first kappa shape index (κ1) is 20.1. The molecule has 2 aliphatic carbocycles. The summed E-state index contributed by atoms with van der Waals surface area (Å²) in [4.78, 5) is 0. The van der Waals surface area contributed by atoms with E-state index in [1.807, 2.05) is 18.2 Å². The van der Waals surface area contributed by atoms with Crippen LogP contribution in [0.3, 0.4) is 0 Å². The molecule has 1 fully saturated rings. The summed E-state index contributed by atoms with van der Waals surface area (Å²) in [5.41, 5.74) is 4.90. The van der Waals surface area contributed by atoms with Crippen LogP contribution in [0.25, 0.3) is 16.7 Å². The molecule has 3 heteroatoms. The quantitative estimate of drug-likeness (QED) is 0.498. The third kappa shape index (κ3) is 4.39. The molecule has 4 rings (SSSR count). The summed E-state index contributed by atoms with van der Waals surface area (Å²) in [5.74, 6) is 1.44. The Kier molecular flexibility index (Phi) is 6.32. The minimum Gasteiger partial charge on any atom is -0.264 e. The zero-order valence-corrected chi connectivity index (χ0v) is 17.8. The standard InChI is InChI=1S/C26H33FN2/c1-3-9-20-14-16-21(17-15-20)18-29-26(23-12-7-8-13-24(23)27)25(19(2)28-29)22-10-5-4-6-11-22/h4-6,10-13,20-21H,3,7-9,14-18H2,1-2H3. The van der Waals surface area contributed by atoms with Crippen molar-refractivity contribution in [2.24, 2.45) is 11.8 Å². The van der Waals surface area contributed by atoms with E-state index in [0.29, 0.717) is 5.92 Å². The average molecular weight is 393 g/mol. The predicted molar refractivity (Wildman–Crippen MR) is 119 cm³/mol. The van der Waals surface area contributed by atoms with E-state index in [4.69, 9.17) is 5.10 Å². The molecule has 0 atom stereocenters. The number of aromatic nitrogens is 2. The van der Waals surface area contributed by atoms with E-state index < -0.39 is 0 Å². The first-order valence-corrected chi connectivity index (χ1v) is 11.4. The fraction of sp³-hybridized carbons (Fsp3) is 0.500. The number of benzene rings is 1. The maximum Gasteiger partial charge on any atom is 0.128 e. The van der Waals surface area contributed by atoms with Crippen molar-refractivity contribution < 1.29 is 4.39 Å². The van der Waals surface area contributed by atoms with Crippen molar-refractivity contribution in [2.45, 2.75) is 71.8 Å². The van der Waals surface area contributed by atoms with Crippen LogP contribution in [0.15, 0.2) is 48.3 Å². The highest BCUT2D eigenvalue weighted by molar-refractivity contribution is 5.87. The molecule has 0 saturated heterocycles. The second-order valence-corrected chi connectivity index (χ2v) is 8.78. The topological polar surface area (TPSA) is 17.8 Å². The molecule has 1 saturated carbocycles. The molecule has 0 amide bonds. The Morgan fingerprint density at radius 1 is 1.00 bits per heavy atom. The highest BCUT2D eigenvalue weighted by Crippen LogP contribution is 2.39. The van der Waals surface area contributed by atoms with Crippen LogP contribution >= 0.6 is 0 Å². The SMILES string of the molecule is CCCC1CCC(Cn2nc(C)c(-c3ccccc3)c2C2=CCCC=C2F)CC1. The number of halogens is 1. The molecule has 0 spiro atoms. The van der Waals surface area contributed by atoms with Crippen molar-refractivity contribution in [3.05, 3.63) is 59.7 Å². The molecule has 1 aromatic carbocycles. The second kappa shape index (κ2) is 9.11. The predicted octanol–water partition coefficient (Wildman–Crippen LogP) is 7.50. The molecule has 0 bridgehead atoms. The molecule has 2 aliphatic rings. The van der Waals surface area contributed by atoms with Crippen LogP contribution in [0.2, 0.25) is 0 Å². The average Bonchev–Trinajstić information content (AvgIpc) is 3.06. The van der Waals surface area contributed by atoms with Gasteiger partial charge in [-0.3, -0.25) is 4.68 Å². The summed E-state index contributed by atoms with van der Waals surface area (Å²) in [7, 11) is 0. The minimum atomic E-state index is -0.0961. The highest BCUT2D eigenvalue weighted by atomic mass is 19.1. The van der Waals surface area contributed by atoms with Gasteiger partial charge in [-0.25, -0.2) is 4.39 Å². The second-order valence-electron chi connectivity index (χ2n) is 8.78. The Morgan fingerprint density at radius 2 is 1.69 bits per heavy atom. The first-order valence-electron chi connectivity index (χ1n) is 11.4. The van der Waals surface area contributed by atoms with Crippen molar-refractivity contribution in [3.63, 3.8) is 0 Å². The van der Waals surface area contributed by atoms with E-state index in [1.165, 1.54) is 38.5 Å². The van der Waals surface area contributed by atoms with E-state index in [1.54, 1.807) is 6.08 Å². The minimum absolute atomic E-state index is 0.0961. The van der Waals surface area contributed by atoms with E-state index in [-0.39, 0.29) is 5.83 Å². The summed E-state index contributed by atoms with van der Waals surface area (Å²) in [5, 5.41) is 4.93. The van der Waals surface area contributed by atoms with E-state index in [2.05, 4.69) is 36.7 Å². The van der Waals surface area contributed by atoms with Gasteiger partial charge >= 0.3 is 0 Å². The van der Waals surface area contributed by atoms with Gasteiger partial charge in [-0.15, -0.1) is 0 Å². The van der Waals surface area contributed by atoms with Gasteiger partial charge in [0.15, 0.2) is 0 Å². The number of hydrogen-bond acceptors (Lipinski definition) is 1. The van der Waals surface area contributed by atoms with Gasteiger partial charge in [-0.2, -0.15) is 5.10 Å². The van der Waals surface area contributed by atoms with Crippen LogP contribution in [0.1, 0.15) is 69.7 Å². The van der Waals surface area contributed by atoms with Crippen molar-refractivity contribution in [1.82, 2.24) is 9.78 Å². The van der Waals surface area contributed by atoms with Crippen LogP contribution < -0.4 is 0 Å². The van der Waals surface area contributed by atoms with Gasteiger partial charge in [0.05, 0.1) is 11.4 Å². The third-order valence-electron chi connectivity index (χ3n) is 6.64. The first-order chi connectivity index (χ1) is 14.2. The Morgan fingerprint density at radius 3 is 2.38 bits per heavy atom. The smallest absolute Gasteiger partial charge is 0.128 e. The fourth-order valence-electron chi connectivity index (χ4n) is 5.15. The molecule has 0 N–H and O–H groups in total. The summed E-state index contributed by atoms with van der Waals surface area (Å²) in [6.45, 7) is 5.24. The van der Waals surface area contributed by atoms with Crippen molar-refractivity contribution in [2.75, 3.05) is 0 Å². The van der Waals surface area contributed by atoms with Crippen LogP contribution in [-0.2, 0) is 6.54 Å². The van der Waals surface area contributed by atoms with Crippen molar-refractivity contribution in [1.29, 1.82) is 0 Å². The van der Waals surface area contributed by atoms with Crippen LogP contribution in [0.5, 0.6) is 0 Å². The lowest BCUT2D eigenvalue weighted by Gasteiger charge is -2.29. The molecule has 2 nitrogen and oxygen atoms in total. The van der Waals surface area contributed by atoms with E-state index >= 15 is 0 Å². The highest BCUT2D eigenvalue weighted by Gasteiger charge is 2.27. The zero-order chi connectivity index (χ0) is 20.2. The van der Waals surface area contributed by atoms with E-state index in [0.717, 1.165) is 53.4 Å². The number of nitrogens with zero attached hydrogens (tertiary/aromatic N) is 2. The Bertz CT molecular complexity index is 883. The van der Waals surface area contributed by atoms with Gasteiger partial charge in [-0.1, -0.05) is 69.0 Å². The summed E-state index contributed by atoms with van der Waals surface area (Å²) in [6.07, 6.45) is 13.3. The molecule has 1 heterocycles. The van der Waals surface area contributed by atoms with Crippen LogP contribution in [-0.4, -0.2) is 9.78 Å². The summed E-state index contributed by atoms with van der Waals surface area (Å²) in [6, 6.07) is 10.3. The van der Waals surface area contributed by atoms with Gasteiger partial charge in [0, 0.05) is 17.7 Å². The fourth-order valence-corrected chi connectivity index (χ4v) is 5.15. The molecule has 154 valence electrons. The summed E-state index contributed by atoms with van der Waals surface area (Å²) < 4.78 is 17.0. The largest absolute Gasteiger partial charge is 0.264 e. The Labute approximate surface area is 174 Å². The molecular formula is C26H33FN2. The molecular weight excluding hydrogens is 359 g/mol. The molecule has 0 radical (unpaired) electrons. The van der Waals surface area contributed by atoms with Crippen LogP contribution in [0, 0.1) is 18.8 Å². The number of allylic oxidation sites excluding steroid dienone is 4. The maximum atomic E-state index is 14.9. The zero-order valence-electron chi connectivity index (χ0n) is 17.8. The molecule has 0 unspecified atom stereocenters. The molecule has 0 aliphatic heterocycles. The van der Waals surface area contributed by atoms with Crippen molar-refractivity contribution in [3.8, 4) is 11.1 Å². The summed E-state index contributed by atoms with van der Waals surface area (Å²) >= 11 is 0. The molecule has 2 aromatic rings. The monoisotopic (exact) mass is 392 g/mol.